The molecule has 0 unspecified atom stereocenters. The molecule has 0 aliphatic heterocycles. The van der Waals surface area contributed by atoms with E-state index < -0.39 is 0 Å². The van der Waals surface area contributed by atoms with Crippen molar-refractivity contribution in [1.82, 2.24) is 9.97 Å². The molecule has 0 radical (unpaired) electrons. The Kier molecular flexibility index (Phi) is 3.32. The van der Waals surface area contributed by atoms with Crippen molar-refractivity contribution < 1.29 is 4.74 Å². The summed E-state index contributed by atoms with van der Waals surface area (Å²) in [5.41, 5.74) is 0.838. The van der Waals surface area contributed by atoms with Crippen molar-refractivity contribution in [3.63, 3.8) is 0 Å². The number of rotatable bonds is 5. The van der Waals surface area contributed by atoms with E-state index in [1.807, 2.05) is 0 Å². The van der Waals surface area contributed by atoms with Gasteiger partial charge >= 0.3 is 0 Å². The molecule has 1 aliphatic rings. The summed E-state index contributed by atoms with van der Waals surface area (Å²) in [7, 11) is 0. The lowest BCUT2D eigenvalue weighted by Gasteiger charge is -2.02. The van der Waals surface area contributed by atoms with Crippen molar-refractivity contribution in [3.8, 4) is 0 Å². The van der Waals surface area contributed by atoms with Gasteiger partial charge in [-0.1, -0.05) is 24.4 Å². The topological polar surface area (TPSA) is 35.0 Å². The number of ether oxygens (including phenoxy) is 1. The number of nitrogens with zero attached hydrogens (tertiary/aromatic N) is 2. The Hall–Kier alpha value is -0.670. The van der Waals surface area contributed by atoms with E-state index in [0.717, 1.165) is 18.2 Å². The molecule has 1 aliphatic carbocycles. The van der Waals surface area contributed by atoms with E-state index in [0.29, 0.717) is 11.8 Å². The highest BCUT2D eigenvalue weighted by atomic mass is 35.5. The first-order chi connectivity index (χ1) is 6.84. The molecule has 1 saturated carbocycles. The van der Waals surface area contributed by atoms with Crippen LogP contribution in [0.15, 0.2) is 12.4 Å². The molecule has 0 bridgehead atoms. The van der Waals surface area contributed by atoms with Crippen LogP contribution in [0.4, 0.5) is 0 Å². The molecule has 0 amide bonds. The van der Waals surface area contributed by atoms with Gasteiger partial charge in [-0.2, -0.15) is 0 Å². The minimum atomic E-state index is 0.423. The van der Waals surface area contributed by atoms with Crippen LogP contribution < -0.4 is 0 Å². The maximum atomic E-state index is 5.61. The van der Waals surface area contributed by atoms with Crippen LogP contribution in [0.25, 0.3) is 0 Å². The second-order valence-corrected chi connectivity index (χ2v) is 4.00. The minimum absolute atomic E-state index is 0.423. The van der Waals surface area contributed by atoms with Gasteiger partial charge in [0.15, 0.2) is 0 Å². The molecule has 76 valence electrons. The van der Waals surface area contributed by atoms with E-state index in [4.69, 9.17) is 16.3 Å². The van der Waals surface area contributed by atoms with Crippen LogP contribution in [0, 0.1) is 5.92 Å². The quantitative estimate of drug-likeness (QED) is 0.704. The fourth-order valence-electron chi connectivity index (χ4n) is 1.25. The van der Waals surface area contributed by atoms with Gasteiger partial charge in [-0.15, -0.1) is 0 Å². The molecule has 0 saturated heterocycles. The van der Waals surface area contributed by atoms with Gasteiger partial charge < -0.3 is 4.74 Å². The van der Waals surface area contributed by atoms with Gasteiger partial charge in [-0.05, 0) is 12.3 Å². The molecule has 4 heteroatoms. The zero-order chi connectivity index (χ0) is 9.80. The lowest BCUT2D eigenvalue weighted by atomic mass is 10.3. The Labute approximate surface area is 88.5 Å². The van der Waals surface area contributed by atoms with Crippen molar-refractivity contribution in [1.29, 1.82) is 0 Å². The molecule has 0 N–H and O–H groups in total. The molecule has 1 fully saturated rings. The molecule has 14 heavy (non-hydrogen) atoms. The summed E-state index contributed by atoms with van der Waals surface area (Å²) < 4.78 is 5.46. The summed E-state index contributed by atoms with van der Waals surface area (Å²) in [6, 6.07) is 0. The van der Waals surface area contributed by atoms with Crippen molar-refractivity contribution in [2.45, 2.75) is 25.9 Å². The Morgan fingerprint density at radius 2 is 2.21 bits per heavy atom. The van der Waals surface area contributed by atoms with E-state index in [-0.39, 0.29) is 0 Å². The molecule has 0 aromatic carbocycles. The summed E-state index contributed by atoms with van der Waals surface area (Å²) in [6.07, 6.45) is 7.13. The van der Waals surface area contributed by atoms with Gasteiger partial charge in [0.2, 0.25) is 0 Å². The van der Waals surface area contributed by atoms with Crippen LogP contribution in [-0.4, -0.2) is 16.6 Å². The van der Waals surface area contributed by atoms with Crippen molar-refractivity contribution >= 4 is 11.6 Å². The van der Waals surface area contributed by atoms with E-state index in [9.17, 15) is 0 Å². The summed E-state index contributed by atoms with van der Waals surface area (Å²) in [4.78, 5) is 8.02. The number of aromatic nitrogens is 2. The third-order valence-corrected chi connectivity index (χ3v) is 2.49. The molecule has 0 atom stereocenters. The van der Waals surface area contributed by atoms with Gasteiger partial charge in [-0.3, -0.25) is 4.98 Å². The second-order valence-electron chi connectivity index (χ2n) is 3.62. The van der Waals surface area contributed by atoms with Crippen LogP contribution in [0.1, 0.15) is 25.0 Å². The first-order valence-corrected chi connectivity index (χ1v) is 5.26. The van der Waals surface area contributed by atoms with Crippen LogP contribution in [0.3, 0.4) is 0 Å². The predicted octanol–water partition coefficient (Wildman–Crippen LogP) is 2.45. The zero-order valence-electron chi connectivity index (χ0n) is 7.95. The smallest absolute Gasteiger partial charge is 0.147 e. The normalized spacial score (nSPS) is 15.8. The fourth-order valence-corrected chi connectivity index (χ4v) is 1.34. The summed E-state index contributed by atoms with van der Waals surface area (Å²) in [6.45, 7) is 1.37. The SMILES string of the molecule is Clc1cnc(COCCC2CC2)cn1. The molecule has 0 spiro atoms. The number of hydrogen-bond donors (Lipinski definition) is 0. The molecule has 1 aromatic heterocycles. The Morgan fingerprint density at radius 3 is 2.86 bits per heavy atom. The minimum Gasteiger partial charge on any atom is -0.375 e. The second kappa shape index (κ2) is 4.71. The molecule has 2 rings (SSSR count). The Morgan fingerprint density at radius 1 is 1.36 bits per heavy atom. The van der Waals surface area contributed by atoms with E-state index in [1.54, 1.807) is 12.4 Å². The zero-order valence-corrected chi connectivity index (χ0v) is 8.70. The summed E-state index contributed by atoms with van der Waals surface area (Å²) >= 11 is 5.61. The molecule has 3 nitrogen and oxygen atoms in total. The van der Waals surface area contributed by atoms with Crippen molar-refractivity contribution in [3.05, 3.63) is 23.2 Å². The van der Waals surface area contributed by atoms with Crippen LogP contribution in [0.2, 0.25) is 5.15 Å². The maximum absolute atomic E-state index is 5.61. The highest BCUT2D eigenvalue weighted by Crippen LogP contribution is 2.32. The lowest BCUT2D eigenvalue weighted by molar-refractivity contribution is 0.112. The van der Waals surface area contributed by atoms with E-state index in [1.165, 1.54) is 19.3 Å². The Balaban J connectivity index is 1.66. The van der Waals surface area contributed by atoms with Gasteiger partial charge in [0, 0.05) is 6.61 Å². The largest absolute Gasteiger partial charge is 0.375 e. The average Bonchev–Trinajstić information content (AvgIpc) is 2.99. The van der Waals surface area contributed by atoms with Gasteiger partial charge in [0.1, 0.15) is 5.15 Å². The van der Waals surface area contributed by atoms with Crippen molar-refractivity contribution in [2.75, 3.05) is 6.61 Å². The standard InChI is InChI=1S/C10H13ClN2O/c11-10-6-12-9(5-13-10)7-14-4-3-8-1-2-8/h5-6,8H,1-4,7H2. The van der Waals surface area contributed by atoms with E-state index in [2.05, 4.69) is 9.97 Å². The summed E-state index contributed by atoms with van der Waals surface area (Å²) in [5.74, 6) is 0.923. The van der Waals surface area contributed by atoms with Crippen LogP contribution in [-0.2, 0) is 11.3 Å². The van der Waals surface area contributed by atoms with E-state index >= 15 is 0 Å². The van der Waals surface area contributed by atoms with Crippen LogP contribution >= 0.6 is 11.6 Å². The number of hydrogen-bond acceptors (Lipinski definition) is 3. The fraction of sp³-hybridized carbons (Fsp3) is 0.600. The highest BCUT2D eigenvalue weighted by Gasteiger charge is 2.20. The average molecular weight is 213 g/mol. The first-order valence-electron chi connectivity index (χ1n) is 4.89. The molecule has 1 heterocycles. The first kappa shape index (κ1) is 9.87. The third-order valence-electron chi connectivity index (χ3n) is 2.29. The summed E-state index contributed by atoms with van der Waals surface area (Å²) in [5, 5.41) is 0.423. The monoisotopic (exact) mass is 212 g/mol. The third kappa shape index (κ3) is 3.24. The van der Waals surface area contributed by atoms with Gasteiger partial charge in [0.05, 0.1) is 24.7 Å². The number of halogens is 1. The highest BCUT2D eigenvalue weighted by molar-refractivity contribution is 6.29. The predicted molar refractivity (Wildman–Crippen MR) is 54.0 cm³/mol. The maximum Gasteiger partial charge on any atom is 0.147 e. The molecular weight excluding hydrogens is 200 g/mol. The van der Waals surface area contributed by atoms with Crippen molar-refractivity contribution in [2.24, 2.45) is 5.92 Å². The lowest BCUT2D eigenvalue weighted by Crippen LogP contribution is -1.98. The van der Waals surface area contributed by atoms with Gasteiger partial charge in [0.25, 0.3) is 0 Å². The van der Waals surface area contributed by atoms with Crippen LogP contribution in [0.5, 0.6) is 0 Å². The molecular formula is C10H13ClN2O. The Bertz CT molecular complexity index is 285. The van der Waals surface area contributed by atoms with Gasteiger partial charge in [-0.25, -0.2) is 4.98 Å². The molecule has 1 aromatic rings.